The number of nitrogens with one attached hydrogen (secondary N) is 1. The van der Waals surface area contributed by atoms with Gasteiger partial charge in [0.25, 0.3) is 5.91 Å². The second kappa shape index (κ2) is 9.86. The lowest BCUT2D eigenvalue weighted by Gasteiger charge is -2.23. The van der Waals surface area contributed by atoms with Crippen molar-refractivity contribution in [3.05, 3.63) is 71.3 Å². The predicted octanol–water partition coefficient (Wildman–Crippen LogP) is 6.32. The Morgan fingerprint density at radius 2 is 1.68 bits per heavy atom. The molecule has 0 bridgehead atoms. The molecule has 3 rings (SSSR count). The molecule has 0 saturated carbocycles. The minimum absolute atomic E-state index is 0.107. The molecular weight excluding hydrogens is 386 g/mol. The van der Waals surface area contributed by atoms with E-state index >= 15 is 0 Å². The molecule has 0 aliphatic rings. The minimum atomic E-state index is -0.549. The second-order valence-corrected chi connectivity index (χ2v) is 8.36. The van der Waals surface area contributed by atoms with Crippen LogP contribution in [0.5, 0.6) is 11.5 Å². The zero-order chi connectivity index (χ0) is 22.5. The molecule has 4 heteroatoms. The van der Waals surface area contributed by atoms with Crippen LogP contribution in [0.15, 0.2) is 54.6 Å². The van der Waals surface area contributed by atoms with Crippen LogP contribution in [0, 0.1) is 6.92 Å². The average Bonchev–Trinajstić information content (AvgIpc) is 2.76. The zero-order valence-electron chi connectivity index (χ0n) is 19.4. The van der Waals surface area contributed by atoms with E-state index in [0.717, 1.165) is 33.2 Å². The van der Waals surface area contributed by atoms with Crippen LogP contribution in [0.3, 0.4) is 0 Å². The van der Waals surface area contributed by atoms with Crippen LogP contribution in [-0.4, -0.2) is 19.1 Å². The number of benzene rings is 3. The number of fused-ring (bicyclic) bond motifs is 1. The Bertz CT molecular complexity index is 1060. The summed E-state index contributed by atoms with van der Waals surface area (Å²) in [7, 11) is 1.70. The second-order valence-electron chi connectivity index (χ2n) is 8.36. The van der Waals surface area contributed by atoms with Gasteiger partial charge in [0.1, 0.15) is 11.5 Å². The van der Waals surface area contributed by atoms with Crippen molar-refractivity contribution in [1.82, 2.24) is 5.32 Å². The molecule has 3 aromatic rings. The first kappa shape index (κ1) is 22.7. The first-order valence-electron chi connectivity index (χ1n) is 11.0. The summed E-state index contributed by atoms with van der Waals surface area (Å²) in [6, 6.07) is 18.1. The molecule has 0 saturated heterocycles. The molecule has 1 N–H and O–H groups in total. The first-order chi connectivity index (χ1) is 14.8. The topological polar surface area (TPSA) is 47.6 Å². The highest BCUT2D eigenvalue weighted by Crippen LogP contribution is 2.32. The lowest BCUT2D eigenvalue weighted by atomic mass is 9.93. The number of carbonyl (C=O) groups excluding carboxylic acids is 1. The van der Waals surface area contributed by atoms with Crippen molar-refractivity contribution >= 4 is 16.7 Å². The van der Waals surface area contributed by atoms with Gasteiger partial charge in [0.05, 0.1) is 13.2 Å². The molecule has 4 nitrogen and oxygen atoms in total. The molecule has 0 aliphatic carbocycles. The summed E-state index contributed by atoms with van der Waals surface area (Å²) < 4.78 is 11.6. The van der Waals surface area contributed by atoms with Crippen molar-refractivity contribution in [2.24, 2.45) is 0 Å². The van der Waals surface area contributed by atoms with E-state index in [9.17, 15) is 4.79 Å². The van der Waals surface area contributed by atoms with Crippen LogP contribution in [0.2, 0.25) is 0 Å². The van der Waals surface area contributed by atoms with Gasteiger partial charge in [-0.15, -0.1) is 0 Å². The normalized spacial score (nSPS) is 13.1. The lowest BCUT2D eigenvalue weighted by molar-refractivity contribution is -0.128. The number of hydrogen-bond donors (Lipinski definition) is 1. The maximum atomic E-state index is 13.0. The van der Waals surface area contributed by atoms with Gasteiger partial charge in [-0.2, -0.15) is 0 Å². The highest BCUT2D eigenvalue weighted by atomic mass is 16.5. The van der Waals surface area contributed by atoms with Gasteiger partial charge in [-0.3, -0.25) is 4.79 Å². The number of carbonyl (C=O) groups is 1. The van der Waals surface area contributed by atoms with Gasteiger partial charge in [-0.05, 0) is 77.9 Å². The Morgan fingerprint density at radius 1 is 0.968 bits per heavy atom. The molecule has 0 heterocycles. The highest BCUT2D eigenvalue weighted by molar-refractivity contribution is 5.84. The predicted molar refractivity (Wildman–Crippen MR) is 127 cm³/mol. The summed E-state index contributed by atoms with van der Waals surface area (Å²) in [6.45, 7) is 10.3. The van der Waals surface area contributed by atoms with Crippen molar-refractivity contribution in [3.63, 3.8) is 0 Å². The first-order valence-corrected chi connectivity index (χ1v) is 11.0. The summed E-state index contributed by atoms with van der Waals surface area (Å²) in [4.78, 5) is 13.0. The van der Waals surface area contributed by atoms with Crippen LogP contribution < -0.4 is 14.8 Å². The van der Waals surface area contributed by atoms with Crippen LogP contribution in [0.1, 0.15) is 62.8 Å². The van der Waals surface area contributed by atoms with Gasteiger partial charge < -0.3 is 14.8 Å². The fraction of sp³-hybridized carbons (Fsp3) is 0.370. The average molecular weight is 420 g/mol. The Kier molecular flexibility index (Phi) is 7.21. The molecule has 2 atom stereocenters. The molecular formula is C27H33NO3. The molecule has 3 aromatic carbocycles. The smallest absolute Gasteiger partial charge is 0.261 e. The van der Waals surface area contributed by atoms with Crippen LogP contribution >= 0.6 is 0 Å². The Morgan fingerprint density at radius 3 is 2.32 bits per heavy atom. The molecule has 1 amide bonds. The third kappa shape index (κ3) is 5.19. The number of hydrogen-bond acceptors (Lipinski definition) is 3. The monoisotopic (exact) mass is 419 g/mol. The van der Waals surface area contributed by atoms with E-state index in [0.29, 0.717) is 18.1 Å². The van der Waals surface area contributed by atoms with Gasteiger partial charge in [-0.1, -0.05) is 51.1 Å². The SMILES string of the molecule is CC[C@H](Oc1ccc2ccccc2c1)C(=O)N[C@@H](C)c1cc(C(C)C)c(OC)cc1C. The van der Waals surface area contributed by atoms with Gasteiger partial charge >= 0.3 is 0 Å². The Hall–Kier alpha value is -3.01. The van der Waals surface area contributed by atoms with Crippen LogP contribution in [0.25, 0.3) is 10.8 Å². The van der Waals surface area contributed by atoms with E-state index in [-0.39, 0.29) is 11.9 Å². The molecule has 0 spiro atoms. The third-order valence-electron chi connectivity index (χ3n) is 5.73. The van der Waals surface area contributed by atoms with Gasteiger partial charge in [0.15, 0.2) is 6.10 Å². The third-order valence-corrected chi connectivity index (χ3v) is 5.73. The maximum Gasteiger partial charge on any atom is 0.261 e. The van der Waals surface area contributed by atoms with E-state index in [1.165, 1.54) is 0 Å². The van der Waals surface area contributed by atoms with Gasteiger partial charge in [-0.25, -0.2) is 0 Å². The fourth-order valence-corrected chi connectivity index (χ4v) is 3.92. The zero-order valence-corrected chi connectivity index (χ0v) is 19.4. The van der Waals surface area contributed by atoms with Crippen molar-refractivity contribution in [3.8, 4) is 11.5 Å². The molecule has 0 aromatic heterocycles. The van der Waals surface area contributed by atoms with E-state index < -0.39 is 6.10 Å². The van der Waals surface area contributed by atoms with Crippen molar-refractivity contribution in [2.75, 3.05) is 7.11 Å². The Balaban J connectivity index is 1.76. The van der Waals surface area contributed by atoms with E-state index in [4.69, 9.17) is 9.47 Å². The van der Waals surface area contributed by atoms with Gasteiger partial charge in [0.2, 0.25) is 0 Å². The van der Waals surface area contributed by atoms with Crippen molar-refractivity contribution in [1.29, 1.82) is 0 Å². The molecule has 0 unspecified atom stereocenters. The largest absolute Gasteiger partial charge is 0.496 e. The highest BCUT2D eigenvalue weighted by Gasteiger charge is 2.22. The number of aryl methyl sites for hydroxylation is 1. The summed E-state index contributed by atoms with van der Waals surface area (Å²) in [5.74, 6) is 1.82. The minimum Gasteiger partial charge on any atom is -0.496 e. The molecule has 0 aliphatic heterocycles. The quantitative estimate of drug-likeness (QED) is 0.465. The van der Waals surface area contributed by atoms with Crippen LogP contribution in [0.4, 0.5) is 0 Å². The lowest BCUT2D eigenvalue weighted by Crippen LogP contribution is -2.39. The van der Waals surface area contributed by atoms with E-state index in [2.05, 4.69) is 37.4 Å². The molecule has 0 radical (unpaired) electrons. The van der Waals surface area contributed by atoms with E-state index in [1.807, 2.05) is 57.2 Å². The molecule has 31 heavy (non-hydrogen) atoms. The number of ether oxygens (including phenoxy) is 2. The van der Waals surface area contributed by atoms with Crippen molar-refractivity contribution in [2.45, 2.75) is 59.1 Å². The van der Waals surface area contributed by atoms with Gasteiger partial charge in [0, 0.05) is 0 Å². The molecule has 164 valence electrons. The summed E-state index contributed by atoms with van der Waals surface area (Å²) in [5.41, 5.74) is 3.33. The summed E-state index contributed by atoms with van der Waals surface area (Å²) in [5, 5.41) is 5.39. The number of amides is 1. The van der Waals surface area contributed by atoms with E-state index in [1.54, 1.807) is 7.11 Å². The van der Waals surface area contributed by atoms with Crippen molar-refractivity contribution < 1.29 is 14.3 Å². The summed E-state index contributed by atoms with van der Waals surface area (Å²) >= 11 is 0. The fourth-order valence-electron chi connectivity index (χ4n) is 3.92. The van der Waals surface area contributed by atoms with Crippen LogP contribution in [-0.2, 0) is 4.79 Å². The standard InChI is InChI=1S/C27H33NO3/c1-7-25(31-22-13-12-20-10-8-9-11-21(20)15-22)27(29)28-19(5)24-16-23(17(2)3)26(30-6)14-18(24)4/h8-17,19,25H,7H2,1-6H3,(H,28,29)/t19-,25-/m0/s1. The number of methoxy groups -OCH3 is 1. The summed E-state index contributed by atoms with van der Waals surface area (Å²) in [6.07, 6.45) is 0.0382. The number of rotatable bonds is 8. The molecule has 0 fully saturated rings. The maximum absolute atomic E-state index is 13.0. The Labute approximate surface area is 185 Å².